The van der Waals surface area contributed by atoms with Crippen LogP contribution < -0.4 is 5.73 Å². The van der Waals surface area contributed by atoms with E-state index >= 15 is 0 Å². The minimum absolute atomic E-state index is 0.0212. The fourth-order valence-corrected chi connectivity index (χ4v) is 2.00. The van der Waals surface area contributed by atoms with Gasteiger partial charge in [0.1, 0.15) is 11.5 Å². The summed E-state index contributed by atoms with van der Waals surface area (Å²) in [6.45, 7) is 0. The molecule has 0 spiro atoms. The third-order valence-corrected chi connectivity index (χ3v) is 2.92. The molecule has 0 fully saturated rings. The highest BCUT2D eigenvalue weighted by Gasteiger charge is 2.32. The zero-order chi connectivity index (χ0) is 15.2. The van der Waals surface area contributed by atoms with Crippen molar-refractivity contribution in [3.63, 3.8) is 0 Å². The summed E-state index contributed by atoms with van der Waals surface area (Å²) in [6, 6.07) is 7.22. The Morgan fingerprint density at radius 1 is 1.10 bits per heavy atom. The smallest absolute Gasteiger partial charge is 0.416 e. The Hall–Kier alpha value is -2.57. The predicted molar refractivity (Wildman–Crippen MR) is 68.8 cm³/mol. The summed E-state index contributed by atoms with van der Waals surface area (Å²) in [5, 5.41) is 0.433. The van der Waals surface area contributed by atoms with Crippen LogP contribution in [-0.4, -0.2) is 4.98 Å². The monoisotopic (exact) mass is 296 g/mol. The van der Waals surface area contributed by atoms with Crippen molar-refractivity contribution < 1.29 is 22.0 Å². The number of benzene rings is 1. The van der Waals surface area contributed by atoms with Gasteiger partial charge in [0.2, 0.25) is 0 Å². The third-order valence-electron chi connectivity index (χ3n) is 2.92. The molecule has 0 aliphatic heterocycles. The second-order valence-corrected chi connectivity index (χ2v) is 4.43. The van der Waals surface area contributed by atoms with Crippen LogP contribution in [0.5, 0.6) is 0 Å². The molecule has 0 amide bonds. The number of anilines is 1. The molecular weight excluding hydrogens is 288 g/mol. The molecule has 2 N–H and O–H groups in total. The molecule has 1 aromatic carbocycles. The van der Waals surface area contributed by atoms with Crippen molar-refractivity contribution in [3.05, 3.63) is 47.8 Å². The van der Waals surface area contributed by atoms with Gasteiger partial charge in [-0.2, -0.15) is 13.2 Å². The summed E-state index contributed by atoms with van der Waals surface area (Å²) in [6.07, 6.45) is -4.55. The fourth-order valence-electron chi connectivity index (χ4n) is 2.00. The number of nitrogen functional groups attached to an aromatic ring is 1. The second-order valence-electron chi connectivity index (χ2n) is 4.43. The van der Waals surface area contributed by atoms with Gasteiger partial charge < -0.3 is 10.2 Å². The van der Waals surface area contributed by atoms with Gasteiger partial charge in [-0.3, -0.25) is 0 Å². The van der Waals surface area contributed by atoms with E-state index in [1.54, 1.807) is 6.07 Å². The number of alkyl halides is 3. The van der Waals surface area contributed by atoms with Crippen molar-refractivity contribution in [2.24, 2.45) is 0 Å². The number of para-hydroxylation sites is 1. The van der Waals surface area contributed by atoms with E-state index in [0.29, 0.717) is 5.39 Å². The number of nitrogens with zero attached hydrogens (tertiary/aromatic N) is 1. The zero-order valence-corrected chi connectivity index (χ0v) is 10.4. The maximum atomic E-state index is 13.5. The lowest BCUT2D eigenvalue weighted by molar-refractivity contribution is -0.137. The van der Waals surface area contributed by atoms with Crippen molar-refractivity contribution in [3.8, 4) is 11.5 Å². The van der Waals surface area contributed by atoms with Crippen LogP contribution in [0.2, 0.25) is 0 Å². The van der Waals surface area contributed by atoms with Gasteiger partial charge in [-0.05, 0) is 24.3 Å². The normalized spacial score (nSPS) is 12.0. The lowest BCUT2D eigenvalue weighted by Crippen LogP contribution is -2.07. The molecule has 0 saturated heterocycles. The van der Waals surface area contributed by atoms with Crippen molar-refractivity contribution >= 4 is 16.8 Å². The lowest BCUT2D eigenvalue weighted by Gasteiger charge is -2.08. The number of hydrogen-bond donors (Lipinski definition) is 1. The van der Waals surface area contributed by atoms with E-state index in [-0.39, 0.29) is 22.9 Å². The van der Waals surface area contributed by atoms with E-state index in [2.05, 4.69) is 4.98 Å². The van der Waals surface area contributed by atoms with Gasteiger partial charge in [-0.25, -0.2) is 9.37 Å². The largest absolute Gasteiger partial charge is 0.451 e. The summed E-state index contributed by atoms with van der Waals surface area (Å²) >= 11 is 0. The summed E-state index contributed by atoms with van der Waals surface area (Å²) in [7, 11) is 0. The molecule has 3 nitrogen and oxygen atoms in total. The highest BCUT2D eigenvalue weighted by Crippen LogP contribution is 2.34. The summed E-state index contributed by atoms with van der Waals surface area (Å²) in [5.41, 5.74) is 4.32. The lowest BCUT2D eigenvalue weighted by atomic mass is 10.1. The minimum atomic E-state index is -4.55. The summed E-state index contributed by atoms with van der Waals surface area (Å²) in [4.78, 5) is 3.80. The number of halogens is 4. The molecule has 2 aromatic heterocycles. The first-order chi connectivity index (χ1) is 9.84. The fraction of sp³-hybridized carbons (Fsp3) is 0.0714. The van der Waals surface area contributed by atoms with Gasteiger partial charge in [0.15, 0.2) is 17.2 Å². The molecule has 108 valence electrons. The van der Waals surface area contributed by atoms with E-state index in [4.69, 9.17) is 10.2 Å². The number of nitrogens with two attached hydrogens (primary N) is 1. The molecule has 3 rings (SSSR count). The summed E-state index contributed by atoms with van der Waals surface area (Å²) in [5.74, 6) is -0.868. The number of aromatic nitrogens is 1. The number of fused-ring (bicyclic) bond motifs is 1. The summed E-state index contributed by atoms with van der Waals surface area (Å²) < 4.78 is 57.1. The van der Waals surface area contributed by atoms with Gasteiger partial charge in [0.05, 0.1) is 5.56 Å². The van der Waals surface area contributed by atoms with E-state index in [9.17, 15) is 17.6 Å². The van der Waals surface area contributed by atoms with Gasteiger partial charge in [-0.15, -0.1) is 0 Å². The van der Waals surface area contributed by atoms with Crippen LogP contribution in [-0.2, 0) is 6.18 Å². The number of furan rings is 1. The average Bonchev–Trinajstić information content (AvgIpc) is 2.82. The van der Waals surface area contributed by atoms with Crippen LogP contribution in [0, 0.1) is 5.82 Å². The highest BCUT2D eigenvalue weighted by atomic mass is 19.4. The Balaban J connectivity index is 2.18. The van der Waals surface area contributed by atoms with Crippen LogP contribution in [0.15, 0.2) is 40.8 Å². The number of rotatable bonds is 1. The van der Waals surface area contributed by atoms with E-state index in [1.807, 2.05) is 0 Å². The van der Waals surface area contributed by atoms with E-state index < -0.39 is 17.6 Å². The Bertz CT molecular complexity index is 823. The van der Waals surface area contributed by atoms with Gasteiger partial charge in [-0.1, -0.05) is 12.1 Å². The molecule has 21 heavy (non-hydrogen) atoms. The van der Waals surface area contributed by atoms with Crippen LogP contribution in [0.4, 0.5) is 23.4 Å². The molecule has 0 aliphatic carbocycles. The third kappa shape index (κ3) is 2.42. The standard InChI is InChI=1S/C14H8F4N2O/c15-9-3-1-2-7-4-11(21-13(7)9)10-5-8(14(16,17)18)6-12(19)20-10/h1-6H,(H2,19,20). The van der Waals surface area contributed by atoms with Crippen LogP contribution in [0.1, 0.15) is 5.56 Å². The minimum Gasteiger partial charge on any atom is -0.451 e. The molecule has 2 heterocycles. The van der Waals surface area contributed by atoms with Crippen LogP contribution in [0.25, 0.3) is 22.4 Å². The number of pyridine rings is 1. The molecular formula is C14H8F4N2O. The Labute approximate surface area is 116 Å². The Kier molecular flexibility index (Phi) is 2.86. The second kappa shape index (κ2) is 4.47. The Morgan fingerprint density at radius 3 is 2.52 bits per heavy atom. The van der Waals surface area contributed by atoms with E-state index in [1.165, 1.54) is 18.2 Å². The maximum Gasteiger partial charge on any atom is 0.416 e. The quantitative estimate of drug-likeness (QED) is 0.683. The number of hydrogen-bond acceptors (Lipinski definition) is 3. The first-order valence-electron chi connectivity index (χ1n) is 5.88. The van der Waals surface area contributed by atoms with Crippen LogP contribution in [0.3, 0.4) is 0 Å². The van der Waals surface area contributed by atoms with Crippen molar-refractivity contribution in [1.82, 2.24) is 4.98 Å². The van der Waals surface area contributed by atoms with Gasteiger partial charge in [0, 0.05) is 5.39 Å². The molecule has 0 radical (unpaired) electrons. The molecule has 3 aromatic rings. The van der Waals surface area contributed by atoms with Gasteiger partial charge in [0.25, 0.3) is 0 Å². The van der Waals surface area contributed by atoms with Crippen LogP contribution >= 0.6 is 0 Å². The molecule has 0 bridgehead atoms. The van der Waals surface area contributed by atoms with Crippen molar-refractivity contribution in [2.45, 2.75) is 6.18 Å². The highest BCUT2D eigenvalue weighted by molar-refractivity contribution is 5.82. The topological polar surface area (TPSA) is 52.0 Å². The molecule has 0 unspecified atom stereocenters. The Morgan fingerprint density at radius 2 is 1.86 bits per heavy atom. The SMILES string of the molecule is Nc1cc(C(F)(F)F)cc(-c2cc3cccc(F)c3o2)n1. The molecule has 0 saturated carbocycles. The van der Waals surface area contributed by atoms with E-state index in [0.717, 1.165) is 12.1 Å². The average molecular weight is 296 g/mol. The van der Waals surface area contributed by atoms with Gasteiger partial charge >= 0.3 is 6.18 Å². The maximum absolute atomic E-state index is 13.5. The first kappa shape index (κ1) is 13.4. The van der Waals surface area contributed by atoms with Crippen molar-refractivity contribution in [2.75, 3.05) is 5.73 Å². The van der Waals surface area contributed by atoms with Crippen molar-refractivity contribution in [1.29, 1.82) is 0 Å². The zero-order valence-electron chi connectivity index (χ0n) is 10.4. The first-order valence-corrected chi connectivity index (χ1v) is 5.88. The molecule has 0 aliphatic rings. The molecule has 0 atom stereocenters. The molecule has 7 heteroatoms. The predicted octanol–water partition coefficient (Wildman–Crippen LogP) is 4.23.